The smallest absolute Gasteiger partial charge is 0.251 e. The van der Waals surface area contributed by atoms with Crippen molar-refractivity contribution in [3.05, 3.63) is 29.3 Å². The lowest BCUT2D eigenvalue weighted by Crippen LogP contribution is -2.35. The maximum Gasteiger partial charge on any atom is 0.251 e. The van der Waals surface area contributed by atoms with Gasteiger partial charge in [-0.05, 0) is 37.1 Å². The molecule has 0 radical (unpaired) electrons. The molecule has 1 atom stereocenters. The van der Waals surface area contributed by atoms with Gasteiger partial charge < -0.3 is 15.8 Å². The minimum Gasteiger partial charge on any atom is -0.399 e. The number of hydrogen-bond donors (Lipinski definition) is 2. The maximum atomic E-state index is 11.9. The van der Waals surface area contributed by atoms with Gasteiger partial charge in [-0.15, -0.1) is 0 Å². The molecule has 0 aliphatic carbocycles. The fourth-order valence-electron chi connectivity index (χ4n) is 1.85. The monoisotopic (exact) mass is 220 g/mol. The lowest BCUT2D eigenvalue weighted by molar-refractivity contribution is 0.0929. The molecule has 1 aromatic rings. The highest BCUT2D eigenvalue weighted by Crippen LogP contribution is 2.13. The highest BCUT2D eigenvalue weighted by atomic mass is 16.5. The van der Waals surface area contributed by atoms with Crippen molar-refractivity contribution in [2.75, 3.05) is 18.9 Å². The SMILES string of the molecule is Cc1cc(N)ccc1C(=O)NC1CCOC1. The molecule has 1 aromatic carbocycles. The zero-order valence-electron chi connectivity index (χ0n) is 9.32. The zero-order chi connectivity index (χ0) is 11.5. The predicted molar refractivity (Wildman–Crippen MR) is 62.3 cm³/mol. The molecule has 4 heteroatoms. The van der Waals surface area contributed by atoms with E-state index in [4.69, 9.17) is 10.5 Å². The first-order valence-corrected chi connectivity index (χ1v) is 5.41. The van der Waals surface area contributed by atoms with E-state index in [1.807, 2.05) is 6.92 Å². The number of rotatable bonds is 2. The molecule has 0 spiro atoms. The van der Waals surface area contributed by atoms with Crippen LogP contribution in [0, 0.1) is 6.92 Å². The van der Waals surface area contributed by atoms with Crippen molar-refractivity contribution < 1.29 is 9.53 Å². The van der Waals surface area contributed by atoms with Gasteiger partial charge in [0.15, 0.2) is 0 Å². The summed E-state index contributed by atoms with van der Waals surface area (Å²) in [7, 11) is 0. The van der Waals surface area contributed by atoms with Crippen molar-refractivity contribution in [2.45, 2.75) is 19.4 Å². The summed E-state index contributed by atoms with van der Waals surface area (Å²) >= 11 is 0. The molecule has 0 aromatic heterocycles. The van der Waals surface area contributed by atoms with Crippen molar-refractivity contribution in [1.29, 1.82) is 0 Å². The van der Waals surface area contributed by atoms with E-state index >= 15 is 0 Å². The fourth-order valence-corrected chi connectivity index (χ4v) is 1.85. The lowest BCUT2D eigenvalue weighted by Gasteiger charge is -2.12. The molecule has 1 unspecified atom stereocenters. The summed E-state index contributed by atoms with van der Waals surface area (Å²) in [5, 5.41) is 2.95. The molecule has 16 heavy (non-hydrogen) atoms. The number of hydrogen-bond acceptors (Lipinski definition) is 3. The molecule has 0 saturated carbocycles. The first kappa shape index (κ1) is 11.0. The van der Waals surface area contributed by atoms with Crippen molar-refractivity contribution in [3.63, 3.8) is 0 Å². The third-order valence-electron chi connectivity index (χ3n) is 2.76. The second-order valence-corrected chi connectivity index (χ2v) is 4.11. The van der Waals surface area contributed by atoms with Gasteiger partial charge in [0.1, 0.15) is 0 Å². The molecular formula is C12H16N2O2. The number of ether oxygens (including phenoxy) is 1. The Balaban J connectivity index is 2.08. The average Bonchev–Trinajstić information content (AvgIpc) is 2.70. The fraction of sp³-hybridized carbons (Fsp3) is 0.417. The minimum absolute atomic E-state index is 0.0481. The van der Waals surface area contributed by atoms with E-state index in [-0.39, 0.29) is 11.9 Å². The summed E-state index contributed by atoms with van der Waals surface area (Å²) in [4.78, 5) is 11.9. The van der Waals surface area contributed by atoms with Crippen LogP contribution >= 0.6 is 0 Å². The average molecular weight is 220 g/mol. The van der Waals surface area contributed by atoms with Gasteiger partial charge in [-0.3, -0.25) is 4.79 Å². The number of nitrogens with two attached hydrogens (primary N) is 1. The second kappa shape index (κ2) is 4.53. The van der Waals surface area contributed by atoms with E-state index in [0.29, 0.717) is 17.9 Å². The van der Waals surface area contributed by atoms with Crippen molar-refractivity contribution in [3.8, 4) is 0 Å². The molecule has 1 aliphatic rings. The number of amides is 1. The molecule has 1 fully saturated rings. The summed E-state index contributed by atoms with van der Waals surface area (Å²) in [6.07, 6.45) is 0.889. The molecule has 86 valence electrons. The Bertz CT molecular complexity index is 398. The van der Waals surface area contributed by atoms with E-state index in [1.165, 1.54) is 0 Å². The highest BCUT2D eigenvalue weighted by molar-refractivity contribution is 5.96. The highest BCUT2D eigenvalue weighted by Gasteiger charge is 2.19. The van der Waals surface area contributed by atoms with Crippen LogP contribution in [0.25, 0.3) is 0 Å². The third kappa shape index (κ3) is 2.33. The first-order valence-electron chi connectivity index (χ1n) is 5.41. The first-order chi connectivity index (χ1) is 7.66. The van der Waals surface area contributed by atoms with Gasteiger partial charge in [0.05, 0.1) is 12.6 Å². The van der Waals surface area contributed by atoms with Gasteiger partial charge in [-0.1, -0.05) is 0 Å². The number of aryl methyl sites for hydroxylation is 1. The summed E-state index contributed by atoms with van der Waals surface area (Å²) in [6, 6.07) is 5.45. The predicted octanol–water partition coefficient (Wildman–Crippen LogP) is 1.10. The standard InChI is InChI=1S/C12H16N2O2/c1-8-6-9(13)2-3-11(8)12(15)14-10-4-5-16-7-10/h2-3,6,10H,4-5,7,13H2,1H3,(H,14,15). The van der Waals surface area contributed by atoms with Crippen LogP contribution in [-0.2, 0) is 4.74 Å². The molecule has 3 N–H and O–H groups in total. The molecule has 4 nitrogen and oxygen atoms in total. The molecule has 1 amide bonds. The summed E-state index contributed by atoms with van der Waals surface area (Å²) in [5.74, 6) is -0.0481. The van der Waals surface area contributed by atoms with E-state index in [1.54, 1.807) is 18.2 Å². The largest absolute Gasteiger partial charge is 0.399 e. The van der Waals surface area contributed by atoms with Crippen LogP contribution in [0.2, 0.25) is 0 Å². The summed E-state index contributed by atoms with van der Waals surface area (Å²) in [6.45, 7) is 3.22. The quantitative estimate of drug-likeness (QED) is 0.733. The molecule has 1 heterocycles. The van der Waals surface area contributed by atoms with Crippen molar-refractivity contribution in [1.82, 2.24) is 5.32 Å². The number of nitrogens with one attached hydrogen (secondary N) is 1. The lowest BCUT2D eigenvalue weighted by atomic mass is 10.1. The molecule has 1 aliphatic heterocycles. The van der Waals surface area contributed by atoms with Gasteiger partial charge in [0.2, 0.25) is 0 Å². The third-order valence-corrected chi connectivity index (χ3v) is 2.76. The molecular weight excluding hydrogens is 204 g/mol. The van der Waals surface area contributed by atoms with Gasteiger partial charge in [-0.25, -0.2) is 0 Å². The van der Waals surface area contributed by atoms with E-state index in [2.05, 4.69) is 5.32 Å². The van der Waals surface area contributed by atoms with E-state index in [9.17, 15) is 4.79 Å². The maximum absolute atomic E-state index is 11.9. The number of nitrogen functional groups attached to an aromatic ring is 1. The number of carbonyl (C=O) groups excluding carboxylic acids is 1. The molecule has 1 saturated heterocycles. The van der Waals surface area contributed by atoms with Crippen LogP contribution in [0.1, 0.15) is 22.3 Å². The van der Waals surface area contributed by atoms with Gasteiger partial charge in [0.25, 0.3) is 5.91 Å². The van der Waals surface area contributed by atoms with Crippen LogP contribution in [0.4, 0.5) is 5.69 Å². The van der Waals surface area contributed by atoms with Gasteiger partial charge in [0, 0.05) is 17.9 Å². The minimum atomic E-state index is -0.0481. The Morgan fingerprint density at radius 2 is 2.38 bits per heavy atom. The normalized spacial score (nSPS) is 19.7. The van der Waals surface area contributed by atoms with Crippen molar-refractivity contribution in [2.24, 2.45) is 0 Å². The Kier molecular flexibility index (Phi) is 3.10. The van der Waals surface area contributed by atoms with Crippen LogP contribution in [-0.4, -0.2) is 25.2 Å². The van der Waals surface area contributed by atoms with Crippen LogP contribution in [0.5, 0.6) is 0 Å². The Hall–Kier alpha value is -1.55. The second-order valence-electron chi connectivity index (χ2n) is 4.11. The van der Waals surface area contributed by atoms with Gasteiger partial charge >= 0.3 is 0 Å². The van der Waals surface area contributed by atoms with Crippen LogP contribution in [0.15, 0.2) is 18.2 Å². The Labute approximate surface area is 94.8 Å². The number of benzene rings is 1. The van der Waals surface area contributed by atoms with Crippen molar-refractivity contribution >= 4 is 11.6 Å². The van der Waals surface area contributed by atoms with Gasteiger partial charge in [-0.2, -0.15) is 0 Å². The number of carbonyl (C=O) groups is 1. The molecule has 2 rings (SSSR count). The van der Waals surface area contributed by atoms with E-state index < -0.39 is 0 Å². The Morgan fingerprint density at radius 1 is 1.56 bits per heavy atom. The van der Waals surface area contributed by atoms with Crippen LogP contribution in [0.3, 0.4) is 0 Å². The summed E-state index contributed by atoms with van der Waals surface area (Å²) in [5.41, 5.74) is 7.90. The van der Waals surface area contributed by atoms with E-state index in [0.717, 1.165) is 18.6 Å². The topological polar surface area (TPSA) is 64.4 Å². The molecule has 0 bridgehead atoms. The Morgan fingerprint density at radius 3 is 3.00 bits per heavy atom. The number of anilines is 1. The zero-order valence-corrected chi connectivity index (χ0v) is 9.32. The van der Waals surface area contributed by atoms with Crippen LogP contribution < -0.4 is 11.1 Å². The summed E-state index contributed by atoms with van der Waals surface area (Å²) < 4.78 is 5.21.